The maximum atomic E-state index is 10.2. The predicted octanol–water partition coefficient (Wildman–Crippen LogP) is 2.93. The minimum atomic E-state index is -0.502. The molecule has 1 fully saturated rings. The highest BCUT2D eigenvalue weighted by Crippen LogP contribution is 2.20. The zero-order valence-corrected chi connectivity index (χ0v) is 17.6. The molecule has 0 aliphatic carbocycles. The summed E-state index contributed by atoms with van der Waals surface area (Å²) >= 11 is 5.84. The van der Waals surface area contributed by atoms with Crippen molar-refractivity contribution in [3.05, 3.63) is 53.6 Å². The Morgan fingerprint density at radius 2 is 1.59 bits per heavy atom. The molecule has 6 nitrogen and oxygen atoms in total. The molecule has 7 heteroatoms. The van der Waals surface area contributed by atoms with Gasteiger partial charge in [0.1, 0.15) is 18.1 Å². The van der Waals surface area contributed by atoms with Gasteiger partial charge in [-0.25, -0.2) is 0 Å². The number of ether oxygens (including phenoxy) is 3. The van der Waals surface area contributed by atoms with Crippen molar-refractivity contribution in [1.82, 2.24) is 4.90 Å². The molecule has 0 amide bonds. The highest BCUT2D eigenvalue weighted by Gasteiger charge is 2.19. The van der Waals surface area contributed by atoms with Crippen molar-refractivity contribution >= 4 is 17.3 Å². The molecule has 1 aliphatic heterocycles. The second-order valence-corrected chi connectivity index (χ2v) is 7.45. The molecule has 3 rings (SSSR count). The van der Waals surface area contributed by atoms with Crippen LogP contribution >= 0.6 is 11.6 Å². The van der Waals surface area contributed by atoms with E-state index in [-0.39, 0.29) is 0 Å². The van der Waals surface area contributed by atoms with Gasteiger partial charge in [-0.2, -0.15) is 0 Å². The van der Waals surface area contributed by atoms with Crippen LogP contribution in [0.2, 0.25) is 5.02 Å². The molecule has 29 heavy (non-hydrogen) atoms. The van der Waals surface area contributed by atoms with Crippen LogP contribution in [0, 0.1) is 0 Å². The molecule has 1 aliphatic rings. The summed E-state index contributed by atoms with van der Waals surface area (Å²) in [5.41, 5.74) is 1.20. The second-order valence-electron chi connectivity index (χ2n) is 7.02. The van der Waals surface area contributed by atoms with Crippen molar-refractivity contribution in [2.24, 2.45) is 0 Å². The van der Waals surface area contributed by atoms with Crippen molar-refractivity contribution in [3.8, 4) is 11.5 Å². The van der Waals surface area contributed by atoms with Gasteiger partial charge in [-0.1, -0.05) is 11.6 Å². The summed E-state index contributed by atoms with van der Waals surface area (Å²) in [6, 6.07) is 15.4. The number of halogens is 1. The lowest BCUT2D eigenvalue weighted by Gasteiger charge is -2.36. The first kappa shape index (κ1) is 21.7. The number of anilines is 1. The Hall–Kier alpha value is -1.99. The second kappa shape index (κ2) is 11.3. The van der Waals surface area contributed by atoms with Gasteiger partial charge in [-0.3, -0.25) is 4.90 Å². The van der Waals surface area contributed by atoms with Crippen molar-refractivity contribution in [3.63, 3.8) is 0 Å². The molecular formula is C22H29ClN2O4. The average molecular weight is 421 g/mol. The average Bonchev–Trinajstić information content (AvgIpc) is 2.75. The quantitative estimate of drug-likeness (QED) is 0.596. The molecule has 158 valence electrons. The SMILES string of the molecule is COc1ccc(N2CCN(CC(O)COCCOc3ccc(Cl)cc3)CC2)cc1. The predicted molar refractivity (Wildman–Crippen MR) is 115 cm³/mol. The van der Waals surface area contributed by atoms with Gasteiger partial charge >= 0.3 is 0 Å². The first-order chi connectivity index (χ1) is 14.1. The lowest BCUT2D eigenvalue weighted by molar-refractivity contribution is 0.00718. The zero-order valence-electron chi connectivity index (χ0n) is 16.8. The summed E-state index contributed by atoms with van der Waals surface area (Å²) in [5.74, 6) is 1.63. The molecule has 0 spiro atoms. The number of hydrogen-bond donors (Lipinski definition) is 1. The standard InChI is InChI=1S/C22H29ClN2O4/c1-27-21-8-4-19(5-9-21)25-12-10-24(11-13-25)16-20(26)17-28-14-15-29-22-6-2-18(23)3-7-22/h2-9,20,26H,10-17H2,1H3. The minimum Gasteiger partial charge on any atom is -0.497 e. The van der Waals surface area contributed by atoms with Crippen LogP contribution in [0.15, 0.2) is 48.5 Å². The van der Waals surface area contributed by atoms with E-state index in [0.717, 1.165) is 37.7 Å². The van der Waals surface area contributed by atoms with Gasteiger partial charge in [0.25, 0.3) is 0 Å². The molecule has 0 saturated carbocycles. The fourth-order valence-electron chi connectivity index (χ4n) is 3.30. The Kier molecular flexibility index (Phi) is 8.43. The molecule has 1 saturated heterocycles. The van der Waals surface area contributed by atoms with E-state index >= 15 is 0 Å². The number of benzene rings is 2. The third-order valence-corrected chi connectivity index (χ3v) is 5.15. The van der Waals surface area contributed by atoms with E-state index in [4.69, 9.17) is 25.8 Å². The van der Waals surface area contributed by atoms with Crippen molar-refractivity contribution < 1.29 is 19.3 Å². The fourth-order valence-corrected chi connectivity index (χ4v) is 3.43. The summed E-state index contributed by atoms with van der Waals surface area (Å²) in [4.78, 5) is 4.63. The van der Waals surface area contributed by atoms with Gasteiger partial charge in [-0.05, 0) is 48.5 Å². The van der Waals surface area contributed by atoms with Crippen LogP contribution in [-0.4, -0.2) is 75.8 Å². The third-order valence-electron chi connectivity index (χ3n) is 4.90. The molecule has 2 aromatic rings. The highest BCUT2D eigenvalue weighted by molar-refractivity contribution is 6.30. The topological polar surface area (TPSA) is 54.4 Å². The van der Waals surface area contributed by atoms with E-state index in [1.54, 1.807) is 19.2 Å². The summed E-state index contributed by atoms with van der Waals surface area (Å²) in [6.45, 7) is 5.52. The van der Waals surface area contributed by atoms with Crippen LogP contribution < -0.4 is 14.4 Å². The first-order valence-electron chi connectivity index (χ1n) is 9.89. The molecule has 0 bridgehead atoms. The number of nitrogens with zero attached hydrogens (tertiary/aromatic N) is 2. The van der Waals surface area contributed by atoms with Gasteiger partial charge < -0.3 is 24.2 Å². The maximum Gasteiger partial charge on any atom is 0.119 e. The maximum absolute atomic E-state index is 10.2. The first-order valence-corrected chi connectivity index (χ1v) is 10.3. The number of rotatable bonds is 10. The van der Waals surface area contributed by atoms with Crippen LogP contribution in [0.4, 0.5) is 5.69 Å². The molecule has 0 aromatic heterocycles. The van der Waals surface area contributed by atoms with Gasteiger partial charge in [0.05, 0.1) is 26.4 Å². The summed E-state index contributed by atoms with van der Waals surface area (Å²) in [6.07, 6.45) is -0.502. The Morgan fingerprint density at radius 1 is 0.931 bits per heavy atom. The zero-order chi connectivity index (χ0) is 20.5. The highest BCUT2D eigenvalue weighted by atomic mass is 35.5. The van der Waals surface area contributed by atoms with Crippen LogP contribution in [0.1, 0.15) is 0 Å². The monoisotopic (exact) mass is 420 g/mol. The largest absolute Gasteiger partial charge is 0.497 e. The summed E-state index contributed by atoms with van der Waals surface area (Å²) in [5, 5.41) is 10.9. The Labute approximate surface area is 177 Å². The van der Waals surface area contributed by atoms with E-state index in [9.17, 15) is 5.11 Å². The number of methoxy groups -OCH3 is 1. The number of aliphatic hydroxyl groups is 1. The smallest absolute Gasteiger partial charge is 0.119 e. The van der Waals surface area contributed by atoms with Crippen molar-refractivity contribution in [2.75, 3.05) is 64.6 Å². The van der Waals surface area contributed by atoms with Gasteiger partial charge in [0, 0.05) is 43.4 Å². The molecular weight excluding hydrogens is 392 g/mol. The van der Waals surface area contributed by atoms with E-state index in [1.165, 1.54) is 5.69 Å². The van der Waals surface area contributed by atoms with Crippen LogP contribution in [-0.2, 0) is 4.74 Å². The minimum absolute atomic E-state index is 0.308. The number of piperazine rings is 1. The third kappa shape index (κ3) is 7.08. The molecule has 2 aromatic carbocycles. The van der Waals surface area contributed by atoms with Crippen molar-refractivity contribution in [2.45, 2.75) is 6.10 Å². The summed E-state index contributed by atoms with van der Waals surface area (Å²) < 4.78 is 16.3. The van der Waals surface area contributed by atoms with E-state index in [2.05, 4.69) is 21.9 Å². The van der Waals surface area contributed by atoms with Gasteiger partial charge in [0.15, 0.2) is 0 Å². The Balaban J connectivity index is 1.28. The number of aliphatic hydroxyl groups excluding tert-OH is 1. The summed E-state index contributed by atoms with van der Waals surface area (Å²) in [7, 11) is 1.68. The number of β-amino-alcohol motifs (C(OH)–C–C–N with tert-alkyl or cyclic N) is 1. The van der Waals surface area contributed by atoms with Crippen LogP contribution in [0.5, 0.6) is 11.5 Å². The number of hydrogen-bond acceptors (Lipinski definition) is 6. The molecule has 1 atom stereocenters. The van der Waals surface area contributed by atoms with Crippen LogP contribution in [0.25, 0.3) is 0 Å². The lowest BCUT2D eigenvalue weighted by atomic mass is 10.2. The van der Waals surface area contributed by atoms with E-state index in [0.29, 0.717) is 31.4 Å². The van der Waals surface area contributed by atoms with E-state index in [1.807, 2.05) is 24.3 Å². The molecule has 1 unspecified atom stereocenters. The molecule has 1 N–H and O–H groups in total. The Bertz CT molecular complexity index is 719. The molecule has 0 radical (unpaired) electrons. The van der Waals surface area contributed by atoms with Crippen LogP contribution in [0.3, 0.4) is 0 Å². The lowest BCUT2D eigenvalue weighted by Crippen LogP contribution is -2.49. The van der Waals surface area contributed by atoms with E-state index < -0.39 is 6.10 Å². The normalized spacial score (nSPS) is 15.9. The fraction of sp³-hybridized carbons (Fsp3) is 0.455. The van der Waals surface area contributed by atoms with Gasteiger partial charge in [-0.15, -0.1) is 0 Å². The molecule has 1 heterocycles. The van der Waals surface area contributed by atoms with Gasteiger partial charge in [0.2, 0.25) is 0 Å². The van der Waals surface area contributed by atoms with Crippen molar-refractivity contribution in [1.29, 1.82) is 0 Å². The Morgan fingerprint density at radius 3 is 2.24 bits per heavy atom.